The van der Waals surface area contributed by atoms with Crippen LogP contribution in [0.1, 0.15) is 22.3 Å². The van der Waals surface area contributed by atoms with Gasteiger partial charge >= 0.3 is 12.0 Å². The van der Waals surface area contributed by atoms with Gasteiger partial charge in [-0.25, -0.2) is 9.59 Å². The molecule has 1 N–H and O–H groups in total. The molecule has 0 unspecified atom stereocenters. The first kappa shape index (κ1) is 18.9. The van der Waals surface area contributed by atoms with E-state index in [1.807, 2.05) is 11.0 Å². The highest BCUT2D eigenvalue weighted by Crippen LogP contribution is 2.13. The molecule has 6 heteroatoms. The maximum absolute atomic E-state index is 12.6. The highest BCUT2D eigenvalue weighted by molar-refractivity contribution is 5.92. The van der Waals surface area contributed by atoms with E-state index in [0.29, 0.717) is 17.8 Å². The number of anilines is 1. The van der Waals surface area contributed by atoms with Crippen molar-refractivity contribution in [3.8, 4) is 0 Å². The highest BCUT2D eigenvalue weighted by Gasteiger charge is 2.19. The lowest BCUT2D eigenvalue weighted by Crippen LogP contribution is -2.38. The molecular weight excluding hydrogens is 342 g/mol. The van der Waals surface area contributed by atoms with Gasteiger partial charge < -0.3 is 15.0 Å². The SMILES string of the molecule is COC(=O)c1ccc(NC(=O)N2CCCN(Cc3ccccc3)CC2)cc1. The maximum atomic E-state index is 12.6. The van der Waals surface area contributed by atoms with Crippen LogP contribution in [0.2, 0.25) is 0 Å². The van der Waals surface area contributed by atoms with E-state index >= 15 is 0 Å². The van der Waals surface area contributed by atoms with Crippen LogP contribution >= 0.6 is 0 Å². The molecule has 0 atom stereocenters. The molecule has 0 bridgehead atoms. The summed E-state index contributed by atoms with van der Waals surface area (Å²) in [5.74, 6) is -0.390. The normalized spacial score (nSPS) is 15.1. The van der Waals surface area contributed by atoms with E-state index < -0.39 is 0 Å². The molecule has 2 aromatic rings. The molecule has 27 heavy (non-hydrogen) atoms. The number of hydrogen-bond acceptors (Lipinski definition) is 4. The molecule has 1 heterocycles. The Labute approximate surface area is 159 Å². The van der Waals surface area contributed by atoms with Gasteiger partial charge in [0.05, 0.1) is 12.7 Å². The van der Waals surface area contributed by atoms with Crippen molar-refractivity contribution >= 4 is 17.7 Å². The van der Waals surface area contributed by atoms with Gasteiger partial charge in [0.15, 0.2) is 0 Å². The molecule has 0 radical (unpaired) electrons. The van der Waals surface area contributed by atoms with Crippen LogP contribution in [-0.2, 0) is 11.3 Å². The summed E-state index contributed by atoms with van der Waals surface area (Å²) in [5, 5.41) is 2.90. The van der Waals surface area contributed by atoms with Gasteiger partial charge in [0.2, 0.25) is 0 Å². The van der Waals surface area contributed by atoms with Crippen LogP contribution in [0.25, 0.3) is 0 Å². The van der Waals surface area contributed by atoms with Crippen LogP contribution in [0.15, 0.2) is 54.6 Å². The number of carbonyl (C=O) groups is 2. The van der Waals surface area contributed by atoms with E-state index in [1.54, 1.807) is 24.3 Å². The van der Waals surface area contributed by atoms with Gasteiger partial charge in [0, 0.05) is 38.4 Å². The summed E-state index contributed by atoms with van der Waals surface area (Å²) in [6, 6.07) is 17.0. The fraction of sp³-hybridized carbons (Fsp3) is 0.333. The molecule has 1 aliphatic rings. The summed E-state index contributed by atoms with van der Waals surface area (Å²) in [6.07, 6.45) is 0.946. The zero-order chi connectivity index (χ0) is 19.1. The molecule has 0 saturated carbocycles. The highest BCUT2D eigenvalue weighted by atomic mass is 16.5. The number of urea groups is 1. The minimum Gasteiger partial charge on any atom is -0.465 e. The van der Waals surface area contributed by atoms with Crippen LogP contribution < -0.4 is 5.32 Å². The molecular formula is C21H25N3O3. The van der Waals surface area contributed by atoms with Crippen molar-refractivity contribution < 1.29 is 14.3 Å². The van der Waals surface area contributed by atoms with Crippen LogP contribution in [-0.4, -0.2) is 55.1 Å². The quantitative estimate of drug-likeness (QED) is 0.843. The standard InChI is InChI=1S/C21H25N3O3/c1-27-20(25)18-8-10-19(11-9-18)22-21(26)24-13-5-12-23(14-15-24)16-17-6-3-2-4-7-17/h2-4,6-11H,5,12-16H2,1H3,(H,22,26). The Kier molecular flexibility index (Phi) is 6.44. The second-order valence-corrected chi connectivity index (χ2v) is 6.60. The Bertz CT molecular complexity index is 762. The van der Waals surface area contributed by atoms with Crippen LogP contribution in [0.5, 0.6) is 0 Å². The first-order valence-electron chi connectivity index (χ1n) is 9.16. The van der Waals surface area contributed by atoms with Gasteiger partial charge in [0.25, 0.3) is 0 Å². The van der Waals surface area contributed by atoms with E-state index in [0.717, 1.165) is 32.6 Å². The first-order valence-corrected chi connectivity index (χ1v) is 9.16. The average Bonchev–Trinajstić information content (AvgIpc) is 2.94. The Balaban J connectivity index is 1.52. The van der Waals surface area contributed by atoms with Gasteiger partial charge in [-0.2, -0.15) is 0 Å². The van der Waals surface area contributed by atoms with Gasteiger partial charge in [0.1, 0.15) is 0 Å². The van der Waals surface area contributed by atoms with E-state index in [2.05, 4.69) is 39.2 Å². The summed E-state index contributed by atoms with van der Waals surface area (Å²) < 4.78 is 4.68. The molecule has 142 valence electrons. The third-order valence-electron chi connectivity index (χ3n) is 4.68. The number of benzene rings is 2. The summed E-state index contributed by atoms with van der Waals surface area (Å²) in [4.78, 5) is 28.3. The van der Waals surface area contributed by atoms with Crippen molar-refractivity contribution in [2.24, 2.45) is 0 Å². The van der Waals surface area contributed by atoms with Gasteiger partial charge in [-0.15, -0.1) is 0 Å². The minimum atomic E-state index is -0.390. The molecule has 1 aliphatic heterocycles. The lowest BCUT2D eigenvalue weighted by Gasteiger charge is -2.22. The number of nitrogens with one attached hydrogen (secondary N) is 1. The van der Waals surface area contributed by atoms with Crippen LogP contribution in [0.3, 0.4) is 0 Å². The predicted molar refractivity (Wildman–Crippen MR) is 105 cm³/mol. The molecule has 0 aromatic heterocycles. The van der Waals surface area contributed by atoms with E-state index in [1.165, 1.54) is 12.7 Å². The third-order valence-corrected chi connectivity index (χ3v) is 4.68. The van der Waals surface area contributed by atoms with Gasteiger partial charge in [-0.05, 0) is 36.2 Å². The van der Waals surface area contributed by atoms with Crippen LogP contribution in [0, 0.1) is 0 Å². The van der Waals surface area contributed by atoms with Crippen molar-refractivity contribution in [2.45, 2.75) is 13.0 Å². The number of hydrogen-bond donors (Lipinski definition) is 1. The predicted octanol–water partition coefficient (Wildman–Crippen LogP) is 3.21. The lowest BCUT2D eigenvalue weighted by atomic mass is 10.2. The first-order chi connectivity index (χ1) is 13.2. The van der Waals surface area contributed by atoms with Crippen molar-refractivity contribution in [1.29, 1.82) is 0 Å². The van der Waals surface area contributed by atoms with Crippen molar-refractivity contribution in [3.05, 3.63) is 65.7 Å². The number of carbonyl (C=O) groups excluding carboxylic acids is 2. The number of nitrogens with zero attached hydrogens (tertiary/aromatic N) is 2. The van der Waals surface area contributed by atoms with E-state index in [-0.39, 0.29) is 12.0 Å². The zero-order valence-corrected chi connectivity index (χ0v) is 15.6. The monoisotopic (exact) mass is 367 g/mol. The zero-order valence-electron chi connectivity index (χ0n) is 15.6. The summed E-state index contributed by atoms with van der Waals surface area (Å²) in [6.45, 7) is 4.16. The number of methoxy groups -OCH3 is 1. The van der Waals surface area contributed by atoms with Crippen LogP contribution in [0.4, 0.5) is 10.5 Å². The molecule has 2 amide bonds. The van der Waals surface area contributed by atoms with E-state index in [4.69, 9.17) is 0 Å². The molecule has 1 saturated heterocycles. The molecule has 0 aliphatic carbocycles. The summed E-state index contributed by atoms with van der Waals surface area (Å²) in [7, 11) is 1.35. The molecule has 1 fully saturated rings. The Morgan fingerprint density at radius 2 is 1.70 bits per heavy atom. The average molecular weight is 367 g/mol. The summed E-state index contributed by atoms with van der Waals surface area (Å²) in [5.41, 5.74) is 2.42. The fourth-order valence-corrected chi connectivity index (χ4v) is 3.18. The van der Waals surface area contributed by atoms with Crippen molar-refractivity contribution in [1.82, 2.24) is 9.80 Å². The number of rotatable bonds is 4. The summed E-state index contributed by atoms with van der Waals surface area (Å²) >= 11 is 0. The second-order valence-electron chi connectivity index (χ2n) is 6.60. The molecule has 3 rings (SSSR count). The smallest absolute Gasteiger partial charge is 0.337 e. The molecule has 2 aromatic carbocycles. The lowest BCUT2D eigenvalue weighted by molar-refractivity contribution is 0.0600. The third kappa shape index (κ3) is 5.31. The Morgan fingerprint density at radius 3 is 2.41 bits per heavy atom. The number of esters is 1. The van der Waals surface area contributed by atoms with E-state index in [9.17, 15) is 9.59 Å². The Hall–Kier alpha value is -2.86. The van der Waals surface area contributed by atoms with Crippen molar-refractivity contribution in [3.63, 3.8) is 0 Å². The minimum absolute atomic E-state index is 0.109. The number of amides is 2. The Morgan fingerprint density at radius 1 is 0.963 bits per heavy atom. The second kappa shape index (κ2) is 9.19. The molecule has 0 spiro atoms. The van der Waals surface area contributed by atoms with Crippen molar-refractivity contribution in [2.75, 3.05) is 38.6 Å². The topological polar surface area (TPSA) is 61.9 Å². The maximum Gasteiger partial charge on any atom is 0.337 e. The largest absolute Gasteiger partial charge is 0.465 e. The van der Waals surface area contributed by atoms with Gasteiger partial charge in [-0.1, -0.05) is 30.3 Å². The fourth-order valence-electron chi connectivity index (χ4n) is 3.18. The number of ether oxygens (including phenoxy) is 1. The van der Waals surface area contributed by atoms with Gasteiger partial charge in [-0.3, -0.25) is 4.90 Å². The molecule has 6 nitrogen and oxygen atoms in total.